The van der Waals surface area contributed by atoms with Crippen molar-refractivity contribution >= 4 is 23.9 Å². The van der Waals surface area contributed by atoms with Crippen LogP contribution in [-0.2, 0) is 19.1 Å². The Labute approximate surface area is 249 Å². The van der Waals surface area contributed by atoms with Gasteiger partial charge in [-0.3, -0.25) is 0 Å². The molecule has 0 spiro atoms. The molecule has 10 nitrogen and oxygen atoms in total. The van der Waals surface area contributed by atoms with Gasteiger partial charge in [0.1, 0.15) is 48.4 Å². The first-order valence-electron chi connectivity index (χ1n) is 13.2. The monoisotopic (exact) mass is 588 g/mol. The maximum Gasteiger partial charge on any atom is 0.343 e. The van der Waals surface area contributed by atoms with Gasteiger partial charge in [0.25, 0.3) is 0 Å². The molecule has 0 aliphatic carbocycles. The van der Waals surface area contributed by atoms with Gasteiger partial charge in [-0.1, -0.05) is 13.2 Å². The molecule has 10 heteroatoms. The summed E-state index contributed by atoms with van der Waals surface area (Å²) in [6.07, 6.45) is 1.34. The van der Waals surface area contributed by atoms with E-state index in [2.05, 4.69) is 13.2 Å². The van der Waals surface area contributed by atoms with Crippen molar-refractivity contribution < 1.29 is 47.6 Å². The number of ether oxygens (including phenoxy) is 6. The normalized spacial score (nSPS) is 11.7. The minimum atomic E-state index is -0.584. The molecule has 3 aromatic rings. The minimum absolute atomic E-state index is 0.0534. The zero-order valence-electron chi connectivity index (χ0n) is 24.1. The highest BCUT2D eigenvalue weighted by Crippen LogP contribution is 2.26. The molecule has 0 aliphatic heterocycles. The molecule has 2 unspecified atom stereocenters. The van der Waals surface area contributed by atoms with Gasteiger partial charge in [-0.15, -0.1) is 0 Å². The molecule has 0 heterocycles. The molecule has 0 aromatic heterocycles. The third kappa shape index (κ3) is 10.2. The third-order valence-electron chi connectivity index (χ3n) is 5.67. The highest BCUT2D eigenvalue weighted by Gasteiger charge is 2.15. The average Bonchev–Trinajstić information content (AvgIpc) is 3.00. The number of benzene rings is 3. The number of hydrogen-bond donors (Lipinski definition) is 0. The average molecular weight is 589 g/mol. The van der Waals surface area contributed by atoms with Crippen LogP contribution in [-0.4, -0.2) is 49.3 Å². The van der Waals surface area contributed by atoms with Crippen LogP contribution in [0.1, 0.15) is 40.1 Å². The lowest BCUT2D eigenvalue weighted by atomic mass is 10.2. The van der Waals surface area contributed by atoms with Crippen molar-refractivity contribution in [2.45, 2.75) is 33.0 Å². The lowest BCUT2D eigenvalue weighted by molar-refractivity contribution is -0.140. The molecule has 0 aliphatic rings. The van der Waals surface area contributed by atoms with E-state index in [0.29, 0.717) is 33.9 Å². The van der Waals surface area contributed by atoms with Crippen LogP contribution in [0.3, 0.4) is 0 Å². The van der Waals surface area contributed by atoms with E-state index in [-0.39, 0.29) is 19.0 Å². The maximum absolute atomic E-state index is 12.7. The Balaban J connectivity index is 1.52. The van der Waals surface area contributed by atoms with Crippen molar-refractivity contribution in [3.8, 4) is 23.0 Å². The molecule has 3 aromatic carbocycles. The fourth-order valence-corrected chi connectivity index (χ4v) is 3.51. The SMILES string of the molecule is C=CC(=O)OCC(C)Oc1ccc(C(=O)Oc2ccc(OC(=O)c3ccc(OC(C)COC(=O)C=C)cc3)c(C)c2)cc1. The summed E-state index contributed by atoms with van der Waals surface area (Å²) in [6, 6.07) is 17.3. The van der Waals surface area contributed by atoms with Crippen molar-refractivity contribution in [2.75, 3.05) is 13.2 Å². The molecule has 43 heavy (non-hydrogen) atoms. The maximum atomic E-state index is 12.7. The van der Waals surface area contributed by atoms with E-state index < -0.39 is 36.1 Å². The molecule has 0 N–H and O–H groups in total. The predicted molar refractivity (Wildman–Crippen MR) is 156 cm³/mol. The van der Waals surface area contributed by atoms with Gasteiger partial charge >= 0.3 is 23.9 Å². The number of hydrogen-bond acceptors (Lipinski definition) is 10. The van der Waals surface area contributed by atoms with E-state index in [0.717, 1.165) is 12.2 Å². The molecule has 224 valence electrons. The van der Waals surface area contributed by atoms with Crippen molar-refractivity contribution in [1.29, 1.82) is 0 Å². The number of carbonyl (C=O) groups excluding carboxylic acids is 4. The van der Waals surface area contributed by atoms with Crippen LogP contribution in [0.4, 0.5) is 0 Å². The van der Waals surface area contributed by atoms with Crippen molar-refractivity contribution in [3.05, 3.63) is 109 Å². The highest BCUT2D eigenvalue weighted by atomic mass is 16.6. The van der Waals surface area contributed by atoms with Crippen LogP contribution in [0.2, 0.25) is 0 Å². The summed E-state index contributed by atoms with van der Waals surface area (Å²) in [5.74, 6) is -0.683. The van der Waals surface area contributed by atoms with Gasteiger partial charge in [-0.25, -0.2) is 19.2 Å². The first kappa shape index (κ1) is 32.1. The standard InChI is InChI=1S/C33H32O10/c1-6-30(34)38-19-22(4)40-26-12-8-24(9-13-26)32(36)42-28-16-17-29(21(3)18-28)43-33(37)25-10-14-27(15-11-25)41-23(5)20-39-31(35)7-2/h6-18,22-23H,1-2,19-20H2,3-5H3. The Morgan fingerprint density at radius 1 is 0.651 bits per heavy atom. The van der Waals surface area contributed by atoms with Gasteiger partial charge in [0.15, 0.2) is 0 Å². The zero-order chi connectivity index (χ0) is 31.4. The van der Waals surface area contributed by atoms with Gasteiger partial charge in [0.2, 0.25) is 0 Å². The molecule has 0 amide bonds. The van der Waals surface area contributed by atoms with Gasteiger partial charge in [0.05, 0.1) is 11.1 Å². The number of aryl methyl sites for hydroxylation is 1. The number of rotatable bonds is 14. The van der Waals surface area contributed by atoms with E-state index in [1.807, 2.05) is 0 Å². The summed E-state index contributed by atoms with van der Waals surface area (Å²) in [7, 11) is 0. The molecule has 2 atom stereocenters. The van der Waals surface area contributed by atoms with Crippen molar-refractivity contribution in [2.24, 2.45) is 0 Å². The molecule has 0 saturated carbocycles. The van der Waals surface area contributed by atoms with Crippen molar-refractivity contribution in [1.82, 2.24) is 0 Å². The van der Waals surface area contributed by atoms with E-state index in [4.69, 9.17) is 28.4 Å². The molecule has 3 rings (SSSR count). The smallest absolute Gasteiger partial charge is 0.343 e. The van der Waals surface area contributed by atoms with Crippen LogP contribution in [0.25, 0.3) is 0 Å². The summed E-state index contributed by atoms with van der Waals surface area (Å²) in [4.78, 5) is 47.7. The molecular formula is C33H32O10. The number of esters is 4. The summed E-state index contributed by atoms with van der Waals surface area (Å²) in [5.41, 5.74) is 1.18. The van der Waals surface area contributed by atoms with E-state index in [1.165, 1.54) is 12.1 Å². The second-order valence-electron chi connectivity index (χ2n) is 9.28. The van der Waals surface area contributed by atoms with Crippen LogP contribution < -0.4 is 18.9 Å². The second kappa shape index (κ2) is 15.6. The summed E-state index contributed by atoms with van der Waals surface area (Å²) in [6.45, 7) is 12.0. The summed E-state index contributed by atoms with van der Waals surface area (Å²) in [5, 5.41) is 0. The lowest BCUT2D eigenvalue weighted by Gasteiger charge is -2.15. The molecule has 0 saturated heterocycles. The molecule has 0 fully saturated rings. The Morgan fingerprint density at radius 2 is 1.07 bits per heavy atom. The third-order valence-corrected chi connectivity index (χ3v) is 5.67. The van der Waals surface area contributed by atoms with Crippen LogP contribution in [0.5, 0.6) is 23.0 Å². The zero-order valence-corrected chi connectivity index (χ0v) is 24.1. The topological polar surface area (TPSA) is 124 Å². The Bertz CT molecular complexity index is 1460. The van der Waals surface area contributed by atoms with Gasteiger partial charge < -0.3 is 28.4 Å². The first-order valence-corrected chi connectivity index (χ1v) is 13.2. The molecule has 0 bridgehead atoms. The van der Waals surface area contributed by atoms with E-state index >= 15 is 0 Å². The first-order chi connectivity index (χ1) is 20.6. The van der Waals surface area contributed by atoms with Gasteiger partial charge in [-0.2, -0.15) is 0 Å². The van der Waals surface area contributed by atoms with Crippen LogP contribution >= 0.6 is 0 Å². The quantitative estimate of drug-likeness (QED) is 0.137. The Morgan fingerprint density at radius 3 is 1.49 bits per heavy atom. The number of carbonyl (C=O) groups is 4. The van der Waals surface area contributed by atoms with Crippen LogP contribution in [0.15, 0.2) is 92.0 Å². The highest BCUT2D eigenvalue weighted by molar-refractivity contribution is 5.92. The minimum Gasteiger partial charge on any atom is -0.487 e. The van der Waals surface area contributed by atoms with E-state index in [1.54, 1.807) is 75.4 Å². The van der Waals surface area contributed by atoms with Gasteiger partial charge in [0, 0.05) is 12.2 Å². The largest absolute Gasteiger partial charge is 0.487 e. The fourth-order valence-electron chi connectivity index (χ4n) is 3.51. The second-order valence-corrected chi connectivity index (χ2v) is 9.28. The van der Waals surface area contributed by atoms with E-state index in [9.17, 15) is 19.2 Å². The summed E-state index contributed by atoms with van der Waals surface area (Å²) < 4.78 is 32.2. The van der Waals surface area contributed by atoms with Gasteiger partial charge in [-0.05, 0) is 93.1 Å². The molecular weight excluding hydrogens is 556 g/mol. The summed E-state index contributed by atoms with van der Waals surface area (Å²) >= 11 is 0. The Hall–Kier alpha value is -5.38. The Kier molecular flexibility index (Phi) is 11.6. The molecule has 0 radical (unpaired) electrons. The van der Waals surface area contributed by atoms with Crippen LogP contribution in [0, 0.1) is 6.92 Å². The fraction of sp³-hybridized carbons (Fsp3) is 0.212. The lowest BCUT2D eigenvalue weighted by Crippen LogP contribution is -2.21. The predicted octanol–water partition coefficient (Wildman–Crippen LogP) is 5.43. The van der Waals surface area contributed by atoms with Crippen molar-refractivity contribution in [3.63, 3.8) is 0 Å².